The van der Waals surface area contributed by atoms with Gasteiger partial charge in [0.1, 0.15) is 12.3 Å². The lowest BCUT2D eigenvalue weighted by molar-refractivity contribution is -0.144. The summed E-state index contributed by atoms with van der Waals surface area (Å²) in [7, 11) is 1.54. The number of methoxy groups -OCH3 is 1. The number of ether oxygens (including phenoxy) is 2. The second kappa shape index (κ2) is 7.21. The molecule has 2 aromatic rings. The number of amides is 1. The van der Waals surface area contributed by atoms with E-state index in [1.807, 2.05) is 0 Å². The van der Waals surface area contributed by atoms with E-state index < -0.39 is 5.97 Å². The Balaban J connectivity index is 1.76. The van der Waals surface area contributed by atoms with Crippen LogP contribution in [0, 0.1) is 6.92 Å². The van der Waals surface area contributed by atoms with E-state index in [0.29, 0.717) is 17.2 Å². The molecule has 0 aliphatic rings. The SMILES string of the molecule is COc1ccc(C(=O)NCC(=O)OCc2nnc(C)o2)cc1. The van der Waals surface area contributed by atoms with Crippen molar-refractivity contribution in [3.8, 4) is 5.75 Å². The first-order chi connectivity index (χ1) is 10.6. The fourth-order valence-corrected chi connectivity index (χ4v) is 1.59. The number of nitrogens with zero attached hydrogens (tertiary/aromatic N) is 2. The number of carbonyl (C=O) groups is 2. The predicted octanol–water partition coefficient (Wildman–Crippen LogP) is 0.860. The third-order valence-corrected chi connectivity index (χ3v) is 2.67. The van der Waals surface area contributed by atoms with Gasteiger partial charge < -0.3 is 19.2 Å². The summed E-state index contributed by atoms with van der Waals surface area (Å²) in [4.78, 5) is 23.3. The van der Waals surface area contributed by atoms with Gasteiger partial charge in [-0.2, -0.15) is 0 Å². The van der Waals surface area contributed by atoms with E-state index in [1.54, 1.807) is 31.2 Å². The number of nitrogens with one attached hydrogen (secondary N) is 1. The van der Waals surface area contributed by atoms with Crippen LogP contribution in [-0.4, -0.2) is 35.7 Å². The van der Waals surface area contributed by atoms with E-state index in [-0.39, 0.29) is 24.9 Å². The number of esters is 1. The van der Waals surface area contributed by atoms with Crippen molar-refractivity contribution in [3.63, 3.8) is 0 Å². The second-order valence-corrected chi connectivity index (χ2v) is 4.29. The second-order valence-electron chi connectivity index (χ2n) is 4.29. The number of aromatic nitrogens is 2. The first-order valence-electron chi connectivity index (χ1n) is 6.45. The van der Waals surface area contributed by atoms with Gasteiger partial charge in [-0.25, -0.2) is 0 Å². The predicted molar refractivity (Wildman–Crippen MR) is 74.2 cm³/mol. The number of rotatable bonds is 6. The first-order valence-corrected chi connectivity index (χ1v) is 6.45. The highest BCUT2D eigenvalue weighted by Crippen LogP contribution is 2.10. The van der Waals surface area contributed by atoms with E-state index >= 15 is 0 Å². The molecule has 8 heteroatoms. The Morgan fingerprint density at radius 2 is 1.95 bits per heavy atom. The maximum atomic E-state index is 11.8. The van der Waals surface area contributed by atoms with E-state index in [9.17, 15) is 9.59 Å². The molecule has 1 heterocycles. The highest BCUT2D eigenvalue weighted by molar-refractivity contribution is 5.95. The zero-order chi connectivity index (χ0) is 15.9. The molecular weight excluding hydrogens is 290 g/mol. The van der Waals surface area contributed by atoms with Crippen molar-refractivity contribution < 1.29 is 23.5 Å². The lowest BCUT2D eigenvalue weighted by atomic mass is 10.2. The fraction of sp³-hybridized carbons (Fsp3) is 0.286. The molecule has 0 saturated carbocycles. The van der Waals surface area contributed by atoms with Gasteiger partial charge in [0.15, 0.2) is 6.61 Å². The van der Waals surface area contributed by atoms with Crippen LogP contribution in [0.1, 0.15) is 22.1 Å². The van der Waals surface area contributed by atoms with Crippen LogP contribution in [0.15, 0.2) is 28.7 Å². The lowest BCUT2D eigenvalue weighted by Crippen LogP contribution is -2.30. The minimum Gasteiger partial charge on any atom is -0.497 e. The third-order valence-electron chi connectivity index (χ3n) is 2.67. The van der Waals surface area contributed by atoms with Crippen LogP contribution < -0.4 is 10.1 Å². The Morgan fingerprint density at radius 3 is 2.55 bits per heavy atom. The van der Waals surface area contributed by atoms with E-state index in [2.05, 4.69) is 15.5 Å². The highest BCUT2D eigenvalue weighted by atomic mass is 16.5. The molecule has 116 valence electrons. The van der Waals surface area contributed by atoms with Crippen molar-refractivity contribution in [2.75, 3.05) is 13.7 Å². The molecule has 0 atom stereocenters. The summed E-state index contributed by atoms with van der Waals surface area (Å²) in [6, 6.07) is 6.51. The average molecular weight is 305 g/mol. The molecule has 0 aliphatic heterocycles. The third kappa shape index (κ3) is 4.30. The number of carbonyl (C=O) groups excluding carboxylic acids is 2. The quantitative estimate of drug-likeness (QED) is 0.789. The molecular formula is C14H15N3O5. The Bertz CT molecular complexity index is 651. The number of benzene rings is 1. The maximum Gasteiger partial charge on any atom is 0.325 e. The zero-order valence-electron chi connectivity index (χ0n) is 12.2. The average Bonchev–Trinajstić information content (AvgIpc) is 2.96. The molecule has 2 rings (SSSR count). The molecule has 0 fully saturated rings. The summed E-state index contributed by atoms with van der Waals surface area (Å²) in [5, 5.41) is 9.75. The van der Waals surface area contributed by atoms with Gasteiger partial charge >= 0.3 is 5.97 Å². The summed E-state index contributed by atoms with van der Waals surface area (Å²) in [6.07, 6.45) is 0. The van der Waals surface area contributed by atoms with Crippen molar-refractivity contribution >= 4 is 11.9 Å². The number of hydrogen-bond donors (Lipinski definition) is 1. The van der Waals surface area contributed by atoms with Crippen LogP contribution in [0.2, 0.25) is 0 Å². The van der Waals surface area contributed by atoms with Crippen molar-refractivity contribution in [2.24, 2.45) is 0 Å². The molecule has 0 spiro atoms. The Morgan fingerprint density at radius 1 is 1.23 bits per heavy atom. The first kappa shape index (κ1) is 15.5. The Hall–Kier alpha value is -2.90. The van der Waals surface area contributed by atoms with Crippen LogP contribution in [0.5, 0.6) is 5.75 Å². The van der Waals surface area contributed by atoms with Gasteiger partial charge in [-0.15, -0.1) is 10.2 Å². The smallest absolute Gasteiger partial charge is 0.325 e. The largest absolute Gasteiger partial charge is 0.497 e. The molecule has 8 nitrogen and oxygen atoms in total. The van der Waals surface area contributed by atoms with Crippen molar-refractivity contribution in [2.45, 2.75) is 13.5 Å². The molecule has 0 unspecified atom stereocenters. The summed E-state index contributed by atoms with van der Waals surface area (Å²) < 4.78 is 14.9. The highest BCUT2D eigenvalue weighted by Gasteiger charge is 2.11. The summed E-state index contributed by atoms with van der Waals surface area (Å²) in [5.74, 6) is 0.253. The maximum absolute atomic E-state index is 11.8. The standard InChI is InChI=1S/C14H15N3O5/c1-9-16-17-12(22-9)8-21-13(18)7-15-14(19)10-3-5-11(20-2)6-4-10/h3-6H,7-8H2,1-2H3,(H,15,19). The van der Waals surface area contributed by atoms with Gasteiger partial charge in [-0.3, -0.25) is 9.59 Å². The molecule has 1 amide bonds. The lowest BCUT2D eigenvalue weighted by Gasteiger charge is -2.06. The summed E-state index contributed by atoms with van der Waals surface area (Å²) >= 11 is 0. The molecule has 0 radical (unpaired) electrons. The molecule has 0 aliphatic carbocycles. The van der Waals surface area contributed by atoms with Crippen LogP contribution in [-0.2, 0) is 16.1 Å². The Labute approximate surface area is 126 Å². The minimum absolute atomic E-state index is 0.127. The molecule has 0 bridgehead atoms. The van der Waals surface area contributed by atoms with Crippen molar-refractivity contribution in [3.05, 3.63) is 41.6 Å². The summed E-state index contributed by atoms with van der Waals surface area (Å²) in [5.41, 5.74) is 0.418. The zero-order valence-corrected chi connectivity index (χ0v) is 12.2. The topological polar surface area (TPSA) is 104 Å². The molecule has 0 saturated heterocycles. The van der Waals surface area contributed by atoms with Crippen LogP contribution in [0.25, 0.3) is 0 Å². The monoisotopic (exact) mass is 305 g/mol. The fourth-order valence-electron chi connectivity index (χ4n) is 1.59. The molecule has 1 aromatic carbocycles. The van der Waals surface area contributed by atoms with E-state index in [1.165, 1.54) is 7.11 Å². The van der Waals surface area contributed by atoms with Crippen LogP contribution >= 0.6 is 0 Å². The van der Waals surface area contributed by atoms with Crippen LogP contribution in [0.4, 0.5) is 0 Å². The van der Waals surface area contributed by atoms with Crippen molar-refractivity contribution in [1.29, 1.82) is 0 Å². The van der Waals surface area contributed by atoms with Crippen molar-refractivity contribution in [1.82, 2.24) is 15.5 Å². The van der Waals surface area contributed by atoms with E-state index in [4.69, 9.17) is 13.9 Å². The van der Waals surface area contributed by atoms with Gasteiger partial charge in [-0.1, -0.05) is 0 Å². The van der Waals surface area contributed by atoms with Crippen LogP contribution in [0.3, 0.4) is 0 Å². The van der Waals surface area contributed by atoms with Gasteiger partial charge in [-0.05, 0) is 24.3 Å². The molecule has 1 N–H and O–H groups in total. The number of aryl methyl sites for hydroxylation is 1. The summed E-state index contributed by atoms with van der Waals surface area (Å²) in [6.45, 7) is 1.25. The van der Waals surface area contributed by atoms with E-state index in [0.717, 1.165) is 0 Å². The van der Waals surface area contributed by atoms with Gasteiger partial charge in [0.05, 0.1) is 7.11 Å². The normalized spacial score (nSPS) is 10.1. The van der Waals surface area contributed by atoms with Gasteiger partial charge in [0.2, 0.25) is 5.89 Å². The molecule has 22 heavy (non-hydrogen) atoms. The van der Waals surface area contributed by atoms with Gasteiger partial charge in [0, 0.05) is 12.5 Å². The number of hydrogen-bond acceptors (Lipinski definition) is 7. The minimum atomic E-state index is -0.599. The Kier molecular flexibility index (Phi) is 5.07. The molecule has 1 aromatic heterocycles. The van der Waals surface area contributed by atoms with Gasteiger partial charge in [0.25, 0.3) is 11.8 Å².